The number of amides is 2. The Balaban J connectivity index is 1.62. The highest BCUT2D eigenvalue weighted by Crippen LogP contribution is 2.25. The molecule has 0 saturated carbocycles. The highest BCUT2D eigenvalue weighted by molar-refractivity contribution is 6.33. The number of halogens is 1. The number of nitrogens with two attached hydrogens (primary N) is 1. The van der Waals surface area contributed by atoms with Crippen molar-refractivity contribution < 1.29 is 9.59 Å². The lowest BCUT2D eigenvalue weighted by molar-refractivity contribution is -0.122. The quantitative estimate of drug-likeness (QED) is 0.822. The monoisotopic (exact) mass is 358 g/mol. The molecule has 0 spiro atoms. The minimum Gasteiger partial charge on any atom is -0.371 e. The third kappa shape index (κ3) is 4.09. The van der Waals surface area contributed by atoms with Gasteiger partial charge in [-0.15, -0.1) is 0 Å². The fraction of sp³-hybridized carbons (Fsp3) is 0.278. The molecule has 2 amide bonds. The van der Waals surface area contributed by atoms with Crippen LogP contribution >= 0.6 is 11.6 Å². The van der Waals surface area contributed by atoms with E-state index in [-0.39, 0.29) is 22.9 Å². The molecule has 1 aliphatic heterocycles. The van der Waals surface area contributed by atoms with Crippen molar-refractivity contribution in [3.63, 3.8) is 0 Å². The van der Waals surface area contributed by atoms with Gasteiger partial charge in [-0.2, -0.15) is 0 Å². The number of nitrogens with zero attached hydrogens (tertiary/aromatic N) is 2. The molecule has 1 aliphatic rings. The molecule has 0 aliphatic carbocycles. The third-order valence-electron chi connectivity index (χ3n) is 4.39. The molecule has 25 heavy (non-hydrogen) atoms. The van der Waals surface area contributed by atoms with Crippen molar-refractivity contribution in [3.8, 4) is 0 Å². The summed E-state index contributed by atoms with van der Waals surface area (Å²) in [6, 6.07) is 10.9. The topological polar surface area (TPSA) is 88.3 Å². The normalized spacial score (nSPS) is 15.0. The summed E-state index contributed by atoms with van der Waals surface area (Å²) in [5, 5.41) is 2.98. The SMILES string of the molecule is NC(=O)C1CCN(c2ccc(NC(=O)c3cccnc3Cl)cc2)CC1. The predicted molar refractivity (Wildman–Crippen MR) is 97.8 cm³/mol. The van der Waals surface area contributed by atoms with Crippen molar-refractivity contribution in [2.45, 2.75) is 12.8 Å². The van der Waals surface area contributed by atoms with Crippen LogP contribution in [0.15, 0.2) is 42.6 Å². The molecular formula is C18H19ClN4O2. The Hall–Kier alpha value is -2.60. The Kier molecular flexibility index (Phi) is 5.19. The number of hydrogen-bond donors (Lipinski definition) is 2. The second-order valence-corrected chi connectivity index (χ2v) is 6.36. The smallest absolute Gasteiger partial charge is 0.258 e. The molecular weight excluding hydrogens is 340 g/mol. The first kappa shape index (κ1) is 17.2. The summed E-state index contributed by atoms with van der Waals surface area (Å²) >= 11 is 5.93. The van der Waals surface area contributed by atoms with Gasteiger partial charge in [0.1, 0.15) is 5.15 Å². The minimum atomic E-state index is -0.298. The van der Waals surface area contributed by atoms with Crippen LogP contribution in [0.1, 0.15) is 23.2 Å². The zero-order valence-corrected chi connectivity index (χ0v) is 14.4. The van der Waals surface area contributed by atoms with Crippen LogP contribution in [-0.2, 0) is 4.79 Å². The minimum absolute atomic E-state index is 0.0287. The number of primary amides is 1. The van der Waals surface area contributed by atoms with E-state index in [2.05, 4.69) is 15.2 Å². The lowest BCUT2D eigenvalue weighted by atomic mass is 9.96. The summed E-state index contributed by atoms with van der Waals surface area (Å²) in [7, 11) is 0. The van der Waals surface area contributed by atoms with Gasteiger partial charge >= 0.3 is 0 Å². The van der Waals surface area contributed by atoms with E-state index in [0.717, 1.165) is 31.6 Å². The zero-order chi connectivity index (χ0) is 17.8. The number of benzene rings is 1. The summed E-state index contributed by atoms with van der Waals surface area (Å²) < 4.78 is 0. The van der Waals surface area contributed by atoms with Crippen LogP contribution in [-0.4, -0.2) is 29.9 Å². The van der Waals surface area contributed by atoms with Gasteiger partial charge in [0.15, 0.2) is 0 Å². The van der Waals surface area contributed by atoms with Crippen LogP contribution in [0.3, 0.4) is 0 Å². The Labute approximate surface area is 151 Å². The van der Waals surface area contributed by atoms with Crippen molar-refractivity contribution in [1.29, 1.82) is 0 Å². The number of hydrogen-bond acceptors (Lipinski definition) is 4. The van der Waals surface area contributed by atoms with Gasteiger partial charge in [0, 0.05) is 36.6 Å². The molecule has 0 atom stereocenters. The van der Waals surface area contributed by atoms with Crippen molar-refractivity contribution in [2.75, 3.05) is 23.3 Å². The molecule has 3 rings (SSSR count). The van der Waals surface area contributed by atoms with Crippen LogP contribution in [0.4, 0.5) is 11.4 Å². The average molecular weight is 359 g/mol. The van der Waals surface area contributed by atoms with E-state index in [1.54, 1.807) is 12.1 Å². The van der Waals surface area contributed by atoms with E-state index < -0.39 is 0 Å². The molecule has 0 unspecified atom stereocenters. The predicted octanol–water partition coefficient (Wildman–Crippen LogP) is 2.69. The molecule has 130 valence electrons. The Morgan fingerprint density at radius 2 is 1.84 bits per heavy atom. The van der Waals surface area contributed by atoms with E-state index >= 15 is 0 Å². The summed E-state index contributed by atoms with van der Waals surface area (Å²) in [5.41, 5.74) is 7.44. The zero-order valence-electron chi connectivity index (χ0n) is 13.6. The summed E-state index contributed by atoms with van der Waals surface area (Å²) in [5.74, 6) is -0.543. The van der Waals surface area contributed by atoms with Gasteiger partial charge in [0.25, 0.3) is 5.91 Å². The van der Waals surface area contributed by atoms with E-state index in [1.807, 2.05) is 24.3 Å². The molecule has 1 fully saturated rings. The first-order valence-corrected chi connectivity index (χ1v) is 8.48. The summed E-state index contributed by atoms with van der Waals surface area (Å²) in [4.78, 5) is 29.6. The van der Waals surface area contributed by atoms with Gasteiger partial charge in [-0.05, 0) is 49.2 Å². The molecule has 2 aromatic rings. The van der Waals surface area contributed by atoms with Crippen LogP contribution in [0.5, 0.6) is 0 Å². The van der Waals surface area contributed by atoms with E-state index in [4.69, 9.17) is 17.3 Å². The summed E-state index contributed by atoms with van der Waals surface area (Å²) in [6.07, 6.45) is 3.08. The third-order valence-corrected chi connectivity index (χ3v) is 4.69. The van der Waals surface area contributed by atoms with Gasteiger partial charge in [-0.1, -0.05) is 11.6 Å². The van der Waals surface area contributed by atoms with Crippen LogP contribution in [0, 0.1) is 5.92 Å². The molecule has 1 aromatic carbocycles. The van der Waals surface area contributed by atoms with Crippen LogP contribution in [0.25, 0.3) is 0 Å². The Morgan fingerprint density at radius 3 is 2.44 bits per heavy atom. The summed E-state index contributed by atoms with van der Waals surface area (Å²) in [6.45, 7) is 1.59. The van der Waals surface area contributed by atoms with Crippen molar-refractivity contribution in [3.05, 3.63) is 53.3 Å². The number of carbonyl (C=O) groups excluding carboxylic acids is 2. The maximum Gasteiger partial charge on any atom is 0.258 e. The average Bonchev–Trinajstić information content (AvgIpc) is 2.63. The number of carbonyl (C=O) groups is 2. The molecule has 1 saturated heterocycles. The molecule has 3 N–H and O–H groups in total. The van der Waals surface area contributed by atoms with Crippen molar-refractivity contribution >= 4 is 34.8 Å². The van der Waals surface area contributed by atoms with Gasteiger partial charge in [-0.25, -0.2) is 4.98 Å². The fourth-order valence-electron chi connectivity index (χ4n) is 2.93. The second kappa shape index (κ2) is 7.53. The van der Waals surface area contributed by atoms with Gasteiger partial charge in [-0.3, -0.25) is 9.59 Å². The second-order valence-electron chi connectivity index (χ2n) is 6.01. The largest absolute Gasteiger partial charge is 0.371 e. The lowest BCUT2D eigenvalue weighted by Gasteiger charge is -2.32. The number of pyridine rings is 1. The van der Waals surface area contributed by atoms with Gasteiger partial charge in [0.05, 0.1) is 5.56 Å². The molecule has 0 radical (unpaired) electrons. The number of aromatic nitrogens is 1. The first-order chi connectivity index (χ1) is 12.0. The maximum atomic E-state index is 12.2. The van der Waals surface area contributed by atoms with E-state index in [0.29, 0.717) is 11.3 Å². The Bertz CT molecular complexity index is 771. The van der Waals surface area contributed by atoms with E-state index in [1.165, 1.54) is 6.20 Å². The molecule has 7 heteroatoms. The van der Waals surface area contributed by atoms with E-state index in [9.17, 15) is 9.59 Å². The number of anilines is 2. The molecule has 2 heterocycles. The lowest BCUT2D eigenvalue weighted by Crippen LogP contribution is -2.38. The number of rotatable bonds is 4. The van der Waals surface area contributed by atoms with Gasteiger partial charge in [0.2, 0.25) is 5.91 Å². The highest BCUT2D eigenvalue weighted by Gasteiger charge is 2.23. The molecule has 0 bridgehead atoms. The highest BCUT2D eigenvalue weighted by atomic mass is 35.5. The maximum absolute atomic E-state index is 12.2. The molecule has 6 nitrogen and oxygen atoms in total. The van der Waals surface area contributed by atoms with Crippen LogP contribution in [0.2, 0.25) is 5.15 Å². The fourth-order valence-corrected chi connectivity index (χ4v) is 3.14. The van der Waals surface area contributed by atoms with Gasteiger partial charge < -0.3 is 16.0 Å². The number of piperidine rings is 1. The Morgan fingerprint density at radius 1 is 1.16 bits per heavy atom. The molecule has 1 aromatic heterocycles. The van der Waals surface area contributed by atoms with Crippen molar-refractivity contribution in [1.82, 2.24) is 4.98 Å². The first-order valence-electron chi connectivity index (χ1n) is 8.11. The number of nitrogens with one attached hydrogen (secondary N) is 1. The van der Waals surface area contributed by atoms with Crippen LogP contribution < -0.4 is 16.0 Å². The van der Waals surface area contributed by atoms with Crippen molar-refractivity contribution in [2.24, 2.45) is 11.7 Å². The standard InChI is InChI=1S/C18H19ClN4O2/c19-16-15(2-1-9-21-16)18(25)22-13-3-5-14(6-4-13)23-10-7-12(8-11-23)17(20)24/h1-6,9,12H,7-8,10-11H2,(H2,20,24)(H,22,25).